The van der Waals surface area contributed by atoms with Crippen LogP contribution in [0.2, 0.25) is 0 Å². The summed E-state index contributed by atoms with van der Waals surface area (Å²) in [6.07, 6.45) is 0.579. The molecular weight excluding hydrogens is 270 g/mol. The van der Waals surface area contributed by atoms with Gasteiger partial charge < -0.3 is 15.1 Å². The van der Waals surface area contributed by atoms with Gasteiger partial charge in [-0.1, -0.05) is 18.2 Å². The zero-order valence-electron chi connectivity index (χ0n) is 11.8. The quantitative estimate of drug-likeness (QED) is 0.907. The first-order chi connectivity index (χ1) is 10.1. The van der Waals surface area contributed by atoms with Gasteiger partial charge in [-0.25, -0.2) is 14.5 Å². The number of nitrogens with zero attached hydrogens (tertiary/aromatic N) is 1. The minimum absolute atomic E-state index is 0.119. The van der Waals surface area contributed by atoms with E-state index in [-0.39, 0.29) is 18.1 Å². The number of fused-ring (bicyclic) bond motifs is 1. The summed E-state index contributed by atoms with van der Waals surface area (Å²) in [4.78, 5) is 24.5. The van der Waals surface area contributed by atoms with E-state index >= 15 is 0 Å². The second kappa shape index (κ2) is 5.47. The number of rotatable bonds is 3. The van der Waals surface area contributed by atoms with E-state index in [0.29, 0.717) is 19.5 Å². The van der Waals surface area contributed by atoms with Gasteiger partial charge in [0.15, 0.2) is 0 Å². The maximum absolute atomic E-state index is 12.0. The molecule has 0 radical (unpaired) electrons. The number of para-hydroxylation sites is 1. The Bertz CT molecular complexity index is 647. The largest absolute Gasteiger partial charge is 0.461 e. The standard InChI is InChI=1S/C15H17N3O3/c1-10(17-15(20)18-7-6-16-14(18)19)8-12-9-11-4-2-3-5-13(11)21-12/h2-5,9-10H,6-8H2,1H3,(H,16,19)(H,17,20)/t10-/m0/s1. The molecule has 2 aromatic rings. The molecule has 1 aromatic heterocycles. The monoisotopic (exact) mass is 287 g/mol. The van der Waals surface area contributed by atoms with Crippen molar-refractivity contribution in [3.63, 3.8) is 0 Å². The summed E-state index contributed by atoms with van der Waals surface area (Å²) >= 11 is 0. The first-order valence-electron chi connectivity index (χ1n) is 6.97. The molecule has 1 atom stereocenters. The molecule has 0 saturated carbocycles. The topological polar surface area (TPSA) is 74.6 Å². The summed E-state index contributed by atoms with van der Waals surface area (Å²) in [5.41, 5.74) is 0.838. The summed E-state index contributed by atoms with van der Waals surface area (Å²) in [5.74, 6) is 0.815. The Balaban J connectivity index is 1.62. The molecule has 4 amide bonds. The average molecular weight is 287 g/mol. The summed E-state index contributed by atoms with van der Waals surface area (Å²) in [5, 5.41) is 6.46. The fourth-order valence-corrected chi connectivity index (χ4v) is 2.44. The molecule has 2 heterocycles. The van der Waals surface area contributed by atoms with Gasteiger partial charge in [0.25, 0.3) is 0 Å². The van der Waals surface area contributed by atoms with Gasteiger partial charge in [0.05, 0.1) is 0 Å². The normalized spacial score (nSPS) is 16.0. The molecule has 6 nitrogen and oxygen atoms in total. The van der Waals surface area contributed by atoms with E-state index in [9.17, 15) is 9.59 Å². The molecule has 1 aliphatic rings. The van der Waals surface area contributed by atoms with Crippen LogP contribution in [-0.2, 0) is 6.42 Å². The molecular formula is C15H17N3O3. The minimum atomic E-state index is -0.367. The molecule has 2 N–H and O–H groups in total. The molecule has 0 aliphatic carbocycles. The van der Waals surface area contributed by atoms with Gasteiger partial charge in [0.1, 0.15) is 11.3 Å². The predicted octanol–water partition coefficient (Wildman–Crippen LogP) is 2.10. The number of carbonyl (C=O) groups excluding carboxylic acids is 2. The Morgan fingerprint density at radius 2 is 2.29 bits per heavy atom. The maximum Gasteiger partial charge on any atom is 0.325 e. The fraction of sp³-hybridized carbons (Fsp3) is 0.333. The number of hydrogen-bond acceptors (Lipinski definition) is 3. The summed E-state index contributed by atoms with van der Waals surface area (Å²) in [6.45, 7) is 2.80. The molecule has 0 unspecified atom stereocenters. The highest BCUT2D eigenvalue weighted by molar-refractivity contribution is 5.95. The van der Waals surface area contributed by atoms with Crippen LogP contribution in [0.4, 0.5) is 9.59 Å². The number of nitrogens with one attached hydrogen (secondary N) is 2. The first kappa shape index (κ1) is 13.5. The van der Waals surface area contributed by atoms with Gasteiger partial charge >= 0.3 is 12.1 Å². The van der Waals surface area contributed by atoms with Crippen LogP contribution in [0.15, 0.2) is 34.7 Å². The van der Waals surface area contributed by atoms with E-state index in [0.717, 1.165) is 16.7 Å². The lowest BCUT2D eigenvalue weighted by Crippen LogP contribution is -2.45. The molecule has 0 spiro atoms. The van der Waals surface area contributed by atoms with Crippen LogP contribution < -0.4 is 10.6 Å². The van der Waals surface area contributed by atoms with Crippen LogP contribution in [-0.4, -0.2) is 36.1 Å². The lowest BCUT2D eigenvalue weighted by molar-refractivity contribution is 0.196. The summed E-state index contributed by atoms with van der Waals surface area (Å²) in [6, 6.07) is 8.92. The molecule has 1 aromatic carbocycles. The van der Waals surface area contributed by atoms with E-state index in [1.165, 1.54) is 4.90 Å². The van der Waals surface area contributed by atoms with Crippen molar-refractivity contribution < 1.29 is 14.0 Å². The van der Waals surface area contributed by atoms with Crippen molar-refractivity contribution >= 4 is 23.0 Å². The minimum Gasteiger partial charge on any atom is -0.461 e. The van der Waals surface area contributed by atoms with Gasteiger partial charge in [0, 0.05) is 30.9 Å². The summed E-state index contributed by atoms with van der Waals surface area (Å²) in [7, 11) is 0. The van der Waals surface area contributed by atoms with Crippen molar-refractivity contribution in [3.05, 3.63) is 36.1 Å². The van der Waals surface area contributed by atoms with E-state index in [1.807, 2.05) is 37.3 Å². The number of amides is 4. The van der Waals surface area contributed by atoms with E-state index in [1.54, 1.807) is 0 Å². The van der Waals surface area contributed by atoms with Crippen molar-refractivity contribution in [3.8, 4) is 0 Å². The molecule has 1 fully saturated rings. The lowest BCUT2D eigenvalue weighted by Gasteiger charge is -2.17. The second-order valence-electron chi connectivity index (χ2n) is 5.19. The van der Waals surface area contributed by atoms with Crippen molar-refractivity contribution in [2.45, 2.75) is 19.4 Å². The fourth-order valence-electron chi connectivity index (χ4n) is 2.44. The zero-order valence-corrected chi connectivity index (χ0v) is 11.8. The number of imide groups is 1. The number of urea groups is 2. The molecule has 1 saturated heterocycles. The van der Waals surface area contributed by atoms with Gasteiger partial charge in [0.2, 0.25) is 0 Å². The Morgan fingerprint density at radius 3 is 3.00 bits per heavy atom. The van der Waals surface area contributed by atoms with Crippen molar-refractivity contribution in [2.24, 2.45) is 0 Å². The van der Waals surface area contributed by atoms with Crippen LogP contribution >= 0.6 is 0 Å². The van der Waals surface area contributed by atoms with E-state index in [4.69, 9.17) is 4.42 Å². The van der Waals surface area contributed by atoms with Gasteiger partial charge in [-0.15, -0.1) is 0 Å². The Morgan fingerprint density at radius 1 is 1.48 bits per heavy atom. The SMILES string of the molecule is C[C@@H](Cc1cc2ccccc2o1)NC(=O)N1CCNC1=O. The molecule has 0 bridgehead atoms. The third kappa shape index (κ3) is 2.84. The van der Waals surface area contributed by atoms with E-state index < -0.39 is 0 Å². The molecule has 110 valence electrons. The summed E-state index contributed by atoms with van der Waals surface area (Å²) < 4.78 is 5.72. The Kier molecular flexibility index (Phi) is 3.51. The number of furan rings is 1. The third-order valence-corrected chi connectivity index (χ3v) is 3.46. The number of carbonyl (C=O) groups is 2. The van der Waals surface area contributed by atoms with Crippen LogP contribution in [0.25, 0.3) is 11.0 Å². The van der Waals surface area contributed by atoms with Gasteiger partial charge in [-0.05, 0) is 19.1 Å². The highest BCUT2D eigenvalue weighted by atomic mass is 16.3. The van der Waals surface area contributed by atoms with Crippen LogP contribution in [0.1, 0.15) is 12.7 Å². The zero-order chi connectivity index (χ0) is 14.8. The smallest absolute Gasteiger partial charge is 0.325 e. The number of hydrogen-bond donors (Lipinski definition) is 2. The van der Waals surface area contributed by atoms with Crippen LogP contribution in [0.3, 0.4) is 0 Å². The first-order valence-corrected chi connectivity index (χ1v) is 6.97. The Labute approximate surface area is 122 Å². The maximum atomic E-state index is 12.0. The Hall–Kier alpha value is -2.50. The van der Waals surface area contributed by atoms with Crippen molar-refractivity contribution in [1.82, 2.24) is 15.5 Å². The lowest BCUT2D eigenvalue weighted by atomic mass is 10.2. The molecule has 1 aliphatic heterocycles. The molecule has 21 heavy (non-hydrogen) atoms. The highest BCUT2D eigenvalue weighted by Crippen LogP contribution is 2.19. The van der Waals surface area contributed by atoms with Crippen molar-refractivity contribution in [2.75, 3.05) is 13.1 Å². The van der Waals surface area contributed by atoms with Gasteiger partial charge in [-0.3, -0.25) is 0 Å². The van der Waals surface area contributed by atoms with Gasteiger partial charge in [-0.2, -0.15) is 0 Å². The average Bonchev–Trinajstić information content (AvgIpc) is 3.03. The predicted molar refractivity (Wildman–Crippen MR) is 78.0 cm³/mol. The van der Waals surface area contributed by atoms with E-state index in [2.05, 4.69) is 10.6 Å². The van der Waals surface area contributed by atoms with Crippen molar-refractivity contribution in [1.29, 1.82) is 0 Å². The highest BCUT2D eigenvalue weighted by Gasteiger charge is 2.26. The second-order valence-corrected chi connectivity index (χ2v) is 5.19. The third-order valence-electron chi connectivity index (χ3n) is 3.46. The van der Waals surface area contributed by atoms with Crippen LogP contribution in [0.5, 0.6) is 0 Å². The number of benzene rings is 1. The molecule has 6 heteroatoms. The van der Waals surface area contributed by atoms with Crippen LogP contribution in [0, 0.1) is 0 Å². The molecule has 3 rings (SSSR count).